The molecule has 2 rings (SSSR count). The fourth-order valence-electron chi connectivity index (χ4n) is 1.88. The van der Waals surface area contributed by atoms with Crippen molar-refractivity contribution in [2.24, 2.45) is 0 Å². The molecule has 4 heteroatoms. The van der Waals surface area contributed by atoms with Crippen LogP contribution in [0.1, 0.15) is 22.3 Å². The molecule has 4 nitrogen and oxygen atoms in total. The van der Waals surface area contributed by atoms with Crippen molar-refractivity contribution in [3.63, 3.8) is 0 Å². The summed E-state index contributed by atoms with van der Waals surface area (Å²) in [5.74, 6) is 0.264. The molecule has 0 aliphatic heterocycles. The van der Waals surface area contributed by atoms with Crippen LogP contribution in [0.25, 0.3) is 0 Å². The molecule has 0 spiro atoms. The van der Waals surface area contributed by atoms with Crippen LogP contribution in [0.5, 0.6) is 5.75 Å². The Morgan fingerprint density at radius 2 is 1.86 bits per heavy atom. The zero-order valence-electron chi connectivity index (χ0n) is 12.6. The Morgan fingerprint density at radius 3 is 2.55 bits per heavy atom. The van der Waals surface area contributed by atoms with Crippen LogP contribution >= 0.6 is 0 Å². The molecule has 0 saturated heterocycles. The first-order valence-electron chi connectivity index (χ1n) is 6.93. The lowest BCUT2D eigenvalue weighted by atomic mass is 10.1. The Bertz CT molecular complexity index is 699. The Balaban J connectivity index is 1.83. The molecule has 0 heterocycles. The molecular weight excluding hydrogens is 278 g/mol. The monoisotopic (exact) mass is 295 g/mol. The third-order valence-corrected chi connectivity index (χ3v) is 3.17. The molecule has 0 aliphatic rings. The summed E-state index contributed by atoms with van der Waals surface area (Å²) in [4.78, 5) is 11.7. The number of hydrogen-bond acceptors (Lipinski definition) is 4. The van der Waals surface area contributed by atoms with Crippen molar-refractivity contribution >= 4 is 5.97 Å². The zero-order valence-corrected chi connectivity index (χ0v) is 12.6. The van der Waals surface area contributed by atoms with E-state index >= 15 is 0 Å². The average Bonchev–Trinajstić information content (AvgIpc) is 2.54. The maximum absolute atomic E-state index is 11.7. The van der Waals surface area contributed by atoms with Gasteiger partial charge in [-0.05, 0) is 48.7 Å². The van der Waals surface area contributed by atoms with Crippen LogP contribution in [0.2, 0.25) is 0 Å². The van der Waals surface area contributed by atoms with Gasteiger partial charge < -0.3 is 9.47 Å². The van der Waals surface area contributed by atoms with E-state index < -0.39 is 5.97 Å². The fourth-order valence-corrected chi connectivity index (χ4v) is 1.88. The Kier molecular flexibility index (Phi) is 5.16. The van der Waals surface area contributed by atoms with Crippen LogP contribution in [0, 0.1) is 25.2 Å². The summed E-state index contributed by atoms with van der Waals surface area (Å²) in [6, 6.07) is 14.8. The number of carbonyl (C=O) groups excluding carboxylic acids is 1. The molecule has 0 unspecified atom stereocenters. The van der Waals surface area contributed by atoms with Gasteiger partial charge in [-0.15, -0.1) is 0 Å². The smallest absolute Gasteiger partial charge is 0.344 e. The number of esters is 1. The Hall–Kier alpha value is -2.80. The van der Waals surface area contributed by atoms with Crippen molar-refractivity contribution in [2.75, 3.05) is 6.61 Å². The van der Waals surface area contributed by atoms with Crippen molar-refractivity contribution in [3.8, 4) is 11.8 Å². The quantitative estimate of drug-likeness (QED) is 0.794. The maximum Gasteiger partial charge on any atom is 0.344 e. The lowest BCUT2D eigenvalue weighted by Crippen LogP contribution is -2.15. The summed E-state index contributed by atoms with van der Waals surface area (Å²) in [5, 5.41) is 8.71. The largest absolute Gasteiger partial charge is 0.482 e. The van der Waals surface area contributed by atoms with Gasteiger partial charge in [0.15, 0.2) is 6.61 Å². The van der Waals surface area contributed by atoms with E-state index in [-0.39, 0.29) is 13.2 Å². The number of nitrogens with zero attached hydrogens (tertiary/aromatic N) is 1. The van der Waals surface area contributed by atoms with Gasteiger partial charge in [0.2, 0.25) is 0 Å². The second-order valence-corrected chi connectivity index (χ2v) is 5.03. The molecule has 0 atom stereocenters. The lowest BCUT2D eigenvalue weighted by Gasteiger charge is -2.10. The van der Waals surface area contributed by atoms with Crippen molar-refractivity contribution in [1.29, 1.82) is 5.26 Å². The normalized spacial score (nSPS) is 9.86. The van der Waals surface area contributed by atoms with Crippen LogP contribution in [-0.4, -0.2) is 12.6 Å². The minimum absolute atomic E-state index is 0.124. The van der Waals surface area contributed by atoms with Gasteiger partial charge in [0.25, 0.3) is 0 Å². The van der Waals surface area contributed by atoms with E-state index in [4.69, 9.17) is 14.7 Å². The van der Waals surface area contributed by atoms with E-state index in [0.29, 0.717) is 11.3 Å². The lowest BCUT2D eigenvalue weighted by molar-refractivity contribution is -0.147. The molecule has 2 aromatic rings. The second kappa shape index (κ2) is 7.28. The Morgan fingerprint density at radius 1 is 1.14 bits per heavy atom. The van der Waals surface area contributed by atoms with Gasteiger partial charge in [-0.2, -0.15) is 5.26 Å². The van der Waals surface area contributed by atoms with E-state index in [1.165, 1.54) is 0 Å². The highest BCUT2D eigenvalue weighted by Crippen LogP contribution is 2.19. The molecule has 0 bridgehead atoms. The minimum atomic E-state index is -0.426. The molecule has 22 heavy (non-hydrogen) atoms. The molecule has 112 valence electrons. The van der Waals surface area contributed by atoms with Gasteiger partial charge in [-0.3, -0.25) is 0 Å². The van der Waals surface area contributed by atoms with Gasteiger partial charge in [-0.1, -0.05) is 24.3 Å². The topological polar surface area (TPSA) is 59.3 Å². The van der Waals surface area contributed by atoms with E-state index in [2.05, 4.69) is 0 Å². The molecular formula is C18H17NO3. The Labute approximate surface area is 129 Å². The van der Waals surface area contributed by atoms with Gasteiger partial charge in [0.1, 0.15) is 12.4 Å². The molecule has 0 amide bonds. The predicted molar refractivity (Wildman–Crippen MR) is 82.4 cm³/mol. The van der Waals surface area contributed by atoms with Crippen LogP contribution in [0.4, 0.5) is 0 Å². The van der Waals surface area contributed by atoms with Crippen molar-refractivity contribution < 1.29 is 14.3 Å². The first kappa shape index (κ1) is 15.6. The molecule has 2 aromatic carbocycles. The van der Waals surface area contributed by atoms with Crippen LogP contribution in [0.3, 0.4) is 0 Å². The van der Waals surface area contributed by atoms with Crippen LogP contribution in [-0.2, 0) is 16.1 Å². The summed E-state index contributed by atoms with van der Waals surface area (Å²) in [6.07, 6.45) is 0. The third-order valence-electron chi connectivity index (χ3n) is 3.17. The van der Waals surface area contributed by atoms with E-state index in [9.17, 15) is 4.79 Å². The van der Waals surface area contributed by atoms with Gasteiger partial charge in [-0.25, -0.2) is 4.79 Å². The summed E-state index contributed by atoms with van der Waals surface area (Å²) in [6.45, 7) is 3.94. The summed E-state index contributed by atoms with van der Waals surface area (Å²) in [7, 11) is 0. The van der Waals surface area contributed by atoms with E-state index in [1.807, 2.05) is 38.1 Å². The van der Waals surface area contributed by atoms with E-state index in [0.717, 1.165) is 16.7 Å². The summed E-state index contributed by atoms with van der Waals surface area (Å²) < 4.78 is 10.6. The second-order valence-electron chi connectivity index (χ2n) is 5.03. The molecule has 0 N–H and O–H groups in total. The average molecular weight is 295 g/mol. The number of hydrogen-bond donors (Lipinski definition) is 0. The highest BCUT2D eigenvalue weighted by molar-refractivity contribution is 5.71. The summed E-state index contributed by atoms with van der Waals surface area (Å²) in [5.41, 5.74) is 3.46. The molecule has 0 radical (unpaired) electrons. The van der Waals surface area contributed by atoms with Crippen molar-refractivity contribution in [2.45, 2.75) is 20.5 Å². The molecule has 0 saturated carbocycles. The highest BCUT2D eigenvalue weighted by Gasteiger charge is 2.07. The van der Waals surface area contributed by atoms with Crippen molar-refractivity contribution in [1.82, 2.24) is 0 Å². The summed E-state index contributed by atoms with van der Waals surface area (Å²) >= 11 is 0. The number of nitriles is 1. The van der Waals surface area contributed by atoms with E-state index in [1.54, 1.807) is 24.3 Å². The predicted octanol–water partition coefficient (Wildman–Crippen LogP) is 3.30. The maximum atomic E-state index is 11.7. The molecule has 0 fully saturated rings. The standard InChI is InChI=1S/C18H17NO3/c1-13-3-4-14(2)17(9-13)21-12-18(20)22-11-16-7-5-15(10-19)6-8-16/h3-9H,11-12H2,1-2H3. The SMILES string of the molecule is Cc1ccc(C)c(OCC(=O)OCc2ccc(C#N)cc2)c1. The zero-order chi connectivity index (χ0) is 15.9. The highest BCUT2D eigenvalue weighted by atomic mass is 16.6. The number of aryl methyl sites for hydroxylation is 2. The van der Waals surface area contributed by atoms with Gasteiger partial charge in [0, 0.05) is 0 Å². The van der Waals surface area contributed by atoms with Gasteiger partial charge in [0.05, 0.1) is 11.6 Å². The minimum Gasteiger partial charge on any atom is -0.482 e. The number of carbonyl (C=O) groups is 1. The van der Waals surface area contributed by atoms with Crippen molar-refractivity contribution in [3.05, 3.63) is 64.7 Å². The van der Waals surface area contributed by atoms with Crippen LogP contribution < -0.4 is 4.74 Å². The number of ether oxygens (including phenoxy) is 2. The first-order valence-corrected chi connectivity index (χ1v) is 6.93. The fraction of sp³-hybridized carbons (Fsp3) is 0.222. The third kappa shape index (κ3) is 4.35. The van der Waals surface area contributed by atoms with Gasteiger partial charge >= 0.3 is 5.97 Å². The first-order chi connectivity index (χ1) is 10.6. The number of rotatable bonds is 5. The number of benzene rings is 2. The molecule has 0 aliphatic carbocycles. The molecule has 0 aromatic heterocycles. The van der Waals surface area contributed by atoms with Crippen LogP contribution in [0.15, 0.2) is 42.5 Å².